The van der Waals surface area contributed by atoms with E-state index in [1.807, 2.05) is 0 Å². The van der Waals surface area contributed by atoms with Crippen LogP contribution in [0.3, 0.4) is 0 Å². The number of aliphatic carboxylic acids is 1. The lowest BCUT2D eigenvalue weighted by atomic mass is 9.88. The van der Waals surface area contributed by atoms with E-state index in [-0.39, 0.29) is 13.1 Å². The lowest BCUT2D eigenvalue weighted by Gasteiger charge is -2.25. The van der Waals surface area contributed by atoms with E-state index in [9.17, 15) is 14.4 Å². The molecule has 3 amide bonds. The fraction of sp³-hybridized carbons (Fsp3) is 0.700. The number of urea groups is 1. The number of hydrogen-bond donors (Lipinski definition) is 3. The number of nitrogens with one attached hydrogen (secondary N) is 1. The van der Waals surface area contributed by atoms with Crippen molar-refractivity contribution >= 4 is 17.9 Å². The first kappa shape index (κ1) is 15.2. The van der Waals surface area contributed by atoms with Crippen LogP contribution in [-0.4, -0.2) is 48.1 Å². The van der Waals surface area contributed by atoms with E-state index in [1.165, 1.54) is 7.05 Å². The molecular formula is C10H19N3O4. The molecule has 98 valence electrons. The first-order valence-electron chi connectivity index (χ1n) is 5.23. The number of primary amides is 1. The summed E-state index contributed by atoms with van der Waals surface area (Å²) in [5.74, 6) is -1.60. The van der Waals surface area contributed by atoms with Gasteiger partial charge in [-0.15, -0.1) is 0 Å². The Labute approximate surface area is 100.0 Å². The molecule has 17 heavy (non-hydrogen) atoms. The highest BCUT2D eigenvalue weighted by Gasteiger charge is 2.31. The van der Waals surface area contributed by atoms with Gasteiger partial charge >= 0.3 is 12.0 Å². The second-order valence-corrected chi connectivity index (χ2v) is 4.20. The van der Waals surface area contributed by atoms with Crippen molar-refractivity contribution in [2.75, 3.05) is 20.1 Å². The summed E-state index contributed by atoms with van der Waals surface area (Å²) < 4.78 is 0. The first-order chi connectivity index (χ1) is 7.73. The van der Waals surface area contributed by atoms with Gasteiger partial charge in [-0.2, -0.15) is 0 Å². The average Bonchev–Trinajstić information content (AvgIpc) is 2.23. The number of amides is 3. The number of hydrogen-bond acceptors (Lipinski definition) is 3. The Hall–Kier alpha value is -1.79. The van der Waals surface area contributed by atoms with E-state index in [4.69, 9.17) is 10.8 Å². The lowest BCUT2D eigenvalue weighted by molar-refractivity contribution is -0.147. The van der Waals surface area contributed by atoms with Crippen LogP contribution in [0.25, 0.3) is 0 Å². The summed E-state index contributed by atoms with van der Waals surface area (Å²) in [6.07, 6.45) is 0.391. The molecule has 4 N–H and O–H groups in total. The number of rotatable bonds is 6. The van der Waals surface area contributed by atoms with Gasteiger partial charge in [0.1, 0.15) is 6.54 Å². The number of carboxylic acids is 1. The van der Waals surface area contributed by atoms with E-state index in [0.717, 1.165) is 4.90 Å². The molecule has 0 aromatic rings. The standard InChI is InChI=1S/C10H19N3O4/c1-4-10(2,8(15)16)6-12-9(17)13(3)5-7(11)14/h4-6H2,1-3H3,(H2,11,14)(H,12,17)(H,15,16). The van der Waals surface area contributed by atoms with Crippen molar-refractivity contribution < 1.29 is 19.5 Å². The molecule has 1 atom stereocenters. The maximum Gasteiger partial charge on any atom is 0.317 e. The monoisotopic (exact) mass is 245 g/mol. The maximum atomic E-state index is 11.5. The number of carbonyl (C=O) groups is 3. The molecule has 0 aliphatic rings. The largest absolute Gasteiger partial charge is 0.481 e. The van der Waals surface area contributed by atoms with Gasteiger partial charge in [0, 0.05) is 13.6 Å². The molecule has 0 aromatic heterocycles. The van der Waals surface area contributed by atoms with Crippen molar-refractivity contribution in [1.82, 2.24) is 10.2 Å². The van der Waals surface area contributed by atoms with Crippen LogP contribution in [0.1, 0.15) is 20.3 Å². The molecule has 1 unspecified atom stereocenters. The van der Waals surface area contributed by atoms with Gasteiger partial charge in [-0.25, -0.2) is 4.79 Å². The molecule has 0 radical (unpaired) electrons. The zero-order chi connectivity index (χ0) is 13.6. The highest BCUT2D eigenvalue weighted by atomic mass is 16.4. The van der Waals surface area contributed by atoms with Gasteiger partial charge in [0.25, 0.3) is 0 Å². The van der Waals surface area contributed by atoms with Crippen LogP contribution in [0.4, 0.5) is 4.79 Å². The molecule has 0 aliphatic carbocycles. The quantitative estimate of drug-likeness (QED) is 0.591. The van der Waals surface area contributed by atoms with E-state index < -0.39 is 23.3 Å². The molecule has 0 saturated heterocycles. The van der Waals surface area contributed by atoms with Gasteiger partial charge in [-0.05, 0) is 13.3 Å². The van der Waals surface area contributed by atoms with Crippen LogP contribution in [-0.2, 0) is 9.59 Å². The van der Waals surface area contributed by atoms with E-state index in [2.05, 4.69) is 5.32 Å². The number of nitrogens with zero attached hydrogens (tertiary/aromatic N) is 1. The van der Waals surface area contributed by atoms with Gasteiger partial charge < -0.3 is 21.1 Å². The summed E-state index contributed by atoms with van der Waals surface area (Å²) in [7, 11) is 1.41. The Morgan fingerprint density at radius 2 is 1.94 bits per heavy atom. The summed E-state index contributed by atoms with van der Waals surface area (Å²) in [6, 6.07) is -0.523. The molecule has 7 nitrogen and oxygen atoms in total. The molecule has 7 heteroatoms. The number of likely N-dealkylation sites (N-methyl/N-ethyl adjacent to an activating group) is 1. The summed E-state index contributed by atoms with van der Waals surface area (Å²) >= 11 is 0. The summed E-state index contributed by atoms with van der Waals surface area (Å²) in [5.41, 5.74) is 3.92. The molecular weight excluding hydrogens is 226 g/mol. The zero-order valence-electron chi connectivity index (χ0n) is 10.3. The molecule has 0 rings (SSSR count). The van der Waals surface area contributed by atoms with Gasteiger partial charge in [0.2, 0.25) is 5.91 Å². The molecule has 0 fully saturated rings. The predicted octanol–water partition coefficient (Wildman–Crippen LogP) is -0.386. The lowest BCUT2D eigenvalue weighted by Crippen LogP contribution is -2.47. The highest BCUT2D eigenvalue weighted by molar-refractivity contribution is 5.83. The Kier molecular flexibility index (Phi) is 5.43. The Balaban J connectivity index is 4.32. The van der Waals surface area contributed by atoms with Gasteiger partial charge in [0.15, 0.2) is 0 Å². The van der Waals surface area contributed by atoms with Crippen LogP contribution in [0.5, 0.6) is 0 Å². The van der Waals surface area contributed by atoms with Crippen molar-refractivity contribution in [3.8, 4) is 0 Å². The second kappa shape index (κ2) is 6.07. The van der Waals surface area contributed by atoms with Gasteiger partial charge in [-0.3, -0.25) is 9.59 Å². The third kappa shape index (κ3) is 4.71. The minimum Gasteiger partial charge on any atom is -0.481 e. The molecule has 0 saturated carbocycles. The second-order valence-electron chi connectivity index (χ2n) is 4.20. The topological polar surface area (TPSA) is 113 Å². The fourth-order valence-electron chi connectivity index (χ4n) is 1.06. The third-order valence-corrected chi connectivity index (χ3v) is 2.67. The Morgan fingerprint density at radius 1 is 1.41 bits per heavy atom. The van der Waals surface area contributed by atoms with E-state index in [0.29, 0.717) is 6.42 Å². The molecule has 0 heterocycles. The van der Waals surface area contributed by atoms with E-state index >= 15 is 0 Å². The number of nitrogens with two attached hydrogens (primary N) is 1. The number of carboxylic acid groups (broad SMARTS) is 1. The van der Waals surface area contributed by atoms with Gasteiger partial charge in [0.05, 0.1) is 5.41 Å². The molecule has 0 aliphatic heterocycles. The van der Waals surface area contributed by atoms with Crippen molar-refractivity contribution in [1.29, 1.82) is 0 Å². The first-order valence-corrected chi connectivity index (χ1v) is 5.23. The molecule has 0 bridgehead atoms. The third-order valence-electron chi connectivity index (χ3n) is 2.67. The van der Waals surface area contributed by atoms with Crippen molar-refractivity contribution in [3.63, 3.8) is 0 Å². The normalized spacial score (nSPS) is 13.6. The van der Waals surface area contributed by atoms with Crippen LogP contribution in [0.15, 0.2) is 0 Å². The Bertz CT molecular complexity index is 319. The van der Waals surface area contributed by atoms with Crippen LogP contribution in [0.2, 0.25) is 0 Å². The van der Waals surface area contributed by atoms with Crippen LogP contribution >= 0.6 is 0 Å². The summed E-state index contributed by atoms with van der Waals surface area (Å²) in [6.45, 7) is 3.07. The Morgan fingerprint density at radius 3 is 2.29 bits per heavy atom. The minimum absolute atomic E-state index is 0.000762. The SMILES string of the molecule is CCC(C)(CNC(=O)N(C)CC(N)=O)C(=O)O. The highest BCUT2D eigenvalue weighted by Crippen LogP contribution is 2.19. The maximum absolute atomic E-state index is 11.5. The summed E-state index contributed by atoms with van der Waals surface area (Å²) in [4.78, 5) is 34.1. The fourth-order valence-corrected chi connectivity index (χ4v) is 1.06. The molecule has 0 aromatic carbocycles. The van der Waals surface area contributed by atoms with Crippen LogP contribution in [0, 0.1) is 5.41 Å². The average molecular weight is 245 g/mol. The number of carbonyl (C=O) groups excluding carboxylic acids is 2. The molecule has 0 spiro atoms. The van der Waals surface area contributed by atoms with Crippen molar-refractivity contribution in [2.24, 2.45) is 11.1 Å². The predicted molar refractivity (Wildman–Crippen MR) is 61.3 cm³/mol. The van der Waals surface area contributed by atoms with E-state index in [1.54, 1.807) is 13.8 Å². The van der Waals surface area contributed by atoms with Crippen molar-refractivity contribution in [2.45, 2.75) is 20.3 Å². The van der Waals surface area contributed by atoms with Crippen molar-refractivity contribution in [3.05, 3.63) is 0 Å². The summed E-state index contributed by atoms with van der Waals surface area (Å²) in [5, 5.41) is 11.4. The zero-order valence-corrected chi connectivity index (χ0v) is 10.3. The van der Waals surface area contributed by atoms with Gasteiger partial charge in [-0.1, -0.05) is 6.92 Å². The minimum atomic E-state index is -1.01. The van der Waals surface area contributed by atoms with Crippen LogP contribution < -0.4 is 11.1 Å². The smallest absolute Gasteiger partial charge is 0.317 e.